The molecule has 0 saturated carbocycles. The van der Waals surface area contributed by atoms with Crippen molar-refractivity contribution in [2.45, 2.75) is 0 Å². The van der Waals surface area contributed by atoms with Gasteiger partial charge in [-0.1, -0.05) is 0 Å². The number of nitrogens with zero attached hydrogens (tertiary/aromatic N) is 1. The quantitative estimate of drug-likeness (QED) is 0.705. The average Bonchev–Trinajstić information content (AvgIpc) is 2.33. The third-order valence-corrected chi connectivity index (χ3v) is 2.29. The Bertz CT molecular complexity index is 602. The molecule has 92 valence electrons. The van der Waals surface area contributed by atoms with Crippen molar-refractivity contribution in [3.05, 3.63) is 48.0 Å². The number of amides is 1. The molecule has 1 amide bonds. The average molecular weight is 247 g/mol. The summed E-state index contributed by atoms with van der Waals surface area (Å²) in [6, 6.07) is 5.24. The van der Waals surface area contributed by atoms with Crippen molar-refractivity contribution in [3.63, 3.8) is 0 Å². The fraction of sp³-hybridized carbons (Fsp3) is 0. The zero-order valence-corrected chi connectivity index (χ0v) is 9.22. The molecule has 4 N–H and O–H groups in total. The minimum atomic E-state index is -0.642. The van der Waals surface area contributed by atoms with Crippen LogP contribution < -0.4 is 11.1 Å². The molecular formula is C12H10FN3O2. The number of aromatic nitrogens is 1. The number of carbonyl (C=O) groups is 1. The van der Waals surface area contributed by atoms with Crippen LogP contribution in [-0.2, 0) is 0 Å². The van der Waals surface area contributed by atoms with Gasteiger partial charge in [-0.25, -0.2) is 4.39 Å². The Morgan fingerprint density at radius 3 is 2.83 bits per heavy atom. The second-order valence-electron chi connectivity index (χ2n) is 3.59. The summed E-state index contributed by atoms with van der Waals surface area (Å²) in [7, 11) is 0. The Labute approximate surface area is 102 Å². The van der Waals surface area contributed by atoms with Crippen molar-refractivity contribution < 1.29 is 14.3 Å². The molecule has 0 saturated heterocycles. The van der Waals surface area contributed by atoms with Gasteiger partial charge in [-0.15, -0.1) is 0 Å². The highest BCUT2D eigenvalue weighted by atomic mass is 19.1. The standard InChI is InChI=1S/C12H10FN3O2/c13-9-5-7(14)1-2-10(9)16-12(18)8-3-4-15-6-11(8)17/h1-6,17H,14H2,(H,16,18). The number of benzene rings is 1. The van der Waals surface area contributed by atoms with Crippen molar-refractivity contribution in [1.82, 2.24) is 4.98 Å². The second kappa shape index (κ2) is 4.70. The SMILES string of the molecule is Nc1ccc(NC(=O)c2ccncc2O)c(F)c1. The van der Waals surface area contributed by atoms with Crippen LogP contribution in [0.4, 0.5) is 15.8 Å². The Balaban J connectivity index is 2.24. The van der Waals surface area contributed by atoms with Crippen LogP contribution in [0.25, 0.3) is 0 Å². The lowest BCUT2D eigenvalue weighted by Crippen LogP contribution is -2.13. The van der Waals surface area contributed by atoms with Crippen LogP contribution in [0.15, 0.2) is 36.7 Å². The largest absolute Gasteiger partial charge is 0.505 e. The van der Waals surface area contributed by atoms with Gasteiger partial charge in [-0.3, -0.25) is 9.78 Å². The highest BCUT2D eigenvalue weighted by molar-refractivity contribution is 6.06. The molecule has 0 aliphatic rings. The molecule has 0 spiro atoms. The number of halogens is 1. The van der Waals surface area contributed by atoms with Crippen LogP contribution in [0.3, 0.4) is 0 Å². The van der Waals surface area contributed by atoms with E-state index in [1.54, 1.807) is 0 Å². The number of nitrogens with one attached hydrogen (secondary N) is 1. The number of rotatable bonds is 2. The number of hydrogen-bond acceptors (Lipinski definition) is 4. The fourth-order valence-electron chi connectivity index (χ4n) is 1.40. The molecule has 2 rings (SSSR count). The molecule has 0 fully saturated rings. The summed E-state index contributed by atoms with van der Waals surface area (Å²) in [6.45, 7) is 0. The number of anilines is 2. The van der Waals surface area contributed by atoms with Crippen LogP contribution in [0.1, 0.15) is 10.4 Å². The first-order valence-electron chi connectivity index (χ1n) is 5.07. The monoisotopic (exact) mass is 247 g/mol. The van der Waals surface area contributed by atoms with Gasteiger partial charge in [0.15, 0.2) is 0 Å². The van der Waals surface area contributed by atoms with E-state index in [1.165, 1.54) is 24.4 Å². The predicted octanol–water partition coefficient (Wildman–Crippen LogP) is 1.76. The van der Waals surface area contributed by atoms with E-state index in [4.69, 9.17) is 5.73 Å². The first-order valence-corrected chi connectivity index (χ1v) is 5.07. The molecule has 0 aliphatic carbocycles. The normalized spacial score (nSPS) is 10.1. The van der Waals surface area contributed by atoms with Gasteiger partial charge in [0.2, 0.25) is 0 Å². The highest BCUT2D eigenvalue weighted by Gasteiger charge is 2.12. The van der Waals surface area contributed by atoms with E-state index in [1.807, 2.05) is 0 Å². The first-order chi connectivity index (χ1) is 8.58. The topological polar surface area (TPSA) is 88.2 Å². The second-order valence-corrected chi connectivity index (χ2v) is 3.59. The molecule has 1 aromatic heterocycles. The lowest BCUT2D eigenvalue weighted by molar-refractivity contribution is 0.102. The fourth-order valence-corrected chi connectivity index (χ4v) is 1.40. The molecule has 0 aliphatic heterocycles. The first kappa shape index (κ1) is 11.8. The van der Waals surface area contributed by atoms with E-state index in [0.29, 0.717) is 0 Å². The number of carbonyl (C=O) groups excluding carboxylic acids is 1. The molecule has 0 unspecified atom stereocenters. The van der Waals surface area contributed by atoms with Crippen LogP contribution >= 0.6 is 0 Å². The van der Waals surface area contributed by atoms with E-state index in [2.05, 4.69) is 10.3 Å². The van der Waals surface area contributed by atoms with Gasteiger partial charge in [0.05, 0.1) is 17.4 Å². The summed E-state index contributed by atoms with van der Waals surface area (Å²) >= 11 is 0. The molecule has 0 radical (unpaired) electrons. The van der Waals surface area contributed by atoms with Crippen molar-refractivity contribution in [1.29, 1.82) is 0 Å². The van der Waals surface area contributed by atoms with E-state index < -0.39 is 11.7 Å². The van der Waals surface area contributed by atoms with Crippen molar-refractivity contribution in [3.8, 4) is 5.75 Å². The van der Waals surface area contributed by atoms with E-state index in [0.717, 1.165) is 12.3 Å². The number of aromatic hydroxyl groups is 1. The Kier molecular flexibility index (Phi) is 3.09. The smallest absolute Gasteiger partial charge is 0.259 e. The van der Waals surface area contributed by atoms with Crippen LogP contribution in [0, 0.1) is 5.82 Å². The van der Waals surface area contributed by atoms with Gasteiger partial charge in [-0.05, 0) is 24.3 Å². The lowest BCUT2D eigenvalue weighted by Gasteiger charge is -2.07. The van der Waals surface area contributed by atoms with Crippen LogP contribution in [0.2, 0.25) is 0 Å². The van der Waals surface area contributed by atoms with Crippen molar-refractivity contribution >= 4 is 17.3 Å². The van der Waals surface area contributed by atoms with Gasteiger partial charge in [0, 0.05) is 11.9 Å². The van der Waals surface area contributed by atoms with Crippen LogP contribution in [0.5, 0.6) is 5.75 Å². The summed E-state index contributed by atoms with van der Waals surface area (Å²) in [4.78, 5) is 15.4. The highest BCUT2D eigenvalue weighted by Crippen LogP contribution is 2.20. The summed E-state index contributed by atoms with van der Waals surface area (Å²) in [5.74, 6) is -1.54. The van der Waals surface area contributed by atoms with E-state index in [-0.39, 0.29) is 22.7 Å². The zero-order chi connectivity index (χ0) is 13.1. The number of nitrogen functional groups attached to an aromatic ring is 1. The minimum Gasteiger partial charge on any atom is -0.505 e. The van der Waals surface area contributed by atoms with E-state index in [9.17, 15) is 14.3 Å². The summed E-state index contributed by atoms with van der Waals surface area (Å²) in [5.41, 5.74) is 5.66. The van der Waals surface area contributed by atoms with Crippen molar-refractivity contribution in [2.24, 2.45) is 0 Å². The Morgan fingerprint density at radius 1 is 1.39 bits per heavy atom. The molecule has 0 bridgehead atoms. The molecule has 1 heterocycles. The zero-order valence-electron chi connectivity index (χ0n) is 9.22. The van der Waals surface area contributed by atoms with Crippen molar-refractivity contribution in [2.75, 3.05) is 11.1 Å². The van der Waals surface area contributed by atoms with Gasteiger partial charge < -0.3 is 16.2 Å². The third kappa shape index (κ3) is 2.37. The van der Waals surface area contributed by atoms with Crippen LogP contribution in [-0.4, -0.2) is 16.0 Å². The summed E-state index contributed by atoms with van der Waals surface area (Å²) in [6.07, 6.45) is 2.49. The number of nitrogens with two attached hydrogens (primary N) is 1. The molecular weight excluding hydrogens is 237 g/mol. The Morgan fingerprint density at radius 2 is 2.17 bits per heavy atom. The van der Waals surface area contributed by atoms with E-state index >= 15 is 0 Å². The maximum Gasteiger partial charge on any atom is 0.259 e. The third-order valence-electron chi connectivity index (χ3n) is 2.29. The van der Waals surface area contributed by atoms with Gasteiger partial charge >= 0.3 is 0 Å². The van der Waals surface area contributed by atoms with Gasteiger partial charge in [-0.2, -0.15) is 0 Å². The van der Waals surface area contributed by atoms with Gasteiger partial charge in [0.1, 0.15) is 11.6 Å². The summed E-state index contributed by atoms with van der Waals surface area (Å²) in [5, 5.41) is 11.8. The molecule has 18 heavy (non-hydrogen) atoms. The minimum absolute atomic E-state index is 0.00888. The lowest BCUT2D eigenvalue weighted by atomic mass is 10.2. The number of pyridine rings is 1. The summed E-state index contributed by atoms with van der Waals surface area (Å²) < 4.78 is 13.5. The molecule has 6 heteroatoms. The molecule has 0 atom stereocenters. The molecule has 1 aromatic carbocycles. The Hall–Kier alpha value is -2.63. The number of hydrogen-bond donors (Lipinski definition) is 3. The predicted molar refractivity (Wildman–Crippen MR) is 64.7 cm³/mol. The molecule has 5 nitrogen and oxygen atoms in total. The molecule has 2 aromatic rings. The maximum absolute atomic E-state index is 13.5. The maximum atomic E-state index is 13.5. The van der Waals surface area contributed by atoms with Gasteiger partial charge in [0.25, 0.3) is 5.91 Å².